The molecule has 0 radical (unpaired) electrons. The molecule has 1 fully saturated rings. The predicted octanol–water partition coefficient (Wildman–Crippen LogP) is 4.52. The fraction of sp³-hybridized carbons (Fsp3) is 0.333. The summed E-state index contributed by atoms with van der Waals surface area (Å²) in [7, 11) is 2.03. The molecule has 1 saturated carbocycles. The van der Waals surface area contributed by atoms with E-state index in [-0.39, 0.29) is 5.56 Å². The third kappa shape index (κ3) is 2.55. The maximum Gasteiger partial charge on any atom is 0.340 e. The summed E-state index contributed by atoms with van der Waals surface area (Å²) in [6, 6.07) is 6.11. The van der Waals surface area contributed by atoms with Gasteiger partial charge in [0.05, 0.1) is 16.9 Å². The van der Waals surface area contributed by atoms with E-state index in [1.807, 2.05) is 25.4 Å². The molecule has 0 unspecified atom stereocenters. The number of carbonyl (C=O) groups is 1. The molecular weight excluding hydrogens is 326 g/mol. The van der Waals surface area contributed by atoms with Crippen LogP contribution in [0.15, 0.2) is 30.6 Å². The van der Waals surface area contributed by atoms with Crippen molar-refractivity contribution in [1.82, 2.24) is 9.55 Å². The summed E-state index contributed by atoms with van der Waals surface area (Å²) in [6.45, 7) is 4.28. The molecular formula is C21H23N3O2. The van der Waals surface area contributed by atoms with Crippen LogP contribution in [-0.2, 0) is 7.05 Å². The molecule has 3 aromatic rings. The Hall–Kier alpha value is -2.82. The number of hydrogen-bond donors (Lipinski definition) is 2. The lowest BCUT2D eigenvalue weighted by Crippen LogP contribution is -2.09. The molecule has 1 aliphatic rings. The highest BCUT2D eigenvalue weighted by Gasteiger charge is 2.30. The zero-order valence-corrected chi connectivity index (χ0v) is 15.3. The average Bonchev–Trinajstić information content (AvgIpc) is 3.36. The smallest absolute Gasteiger partial charge is 0.340 e. The SMILES string of the molecule is CC(C)c1cc(-c2ncc(C3CC3)c(N)c2C(=O)O)cc2ccn(C)c12. The molecule has 134 valence electrons. The zero-order valence-electron chi connectivity index (χ0n) is 15.3. The normalized spacial score (nSPS) is 14.3. The number of nitrogens with zero attached hydrogens (tertiary/aromatic N) is 2. The average molecular weight is 349 g/mol. The molecule has 1 aliphatic carbocycles. The molecule has 0 amide bonds. The van der Waals surface area contributed by atoms with Gasteiger partial charge in [-0.15, -0.1) is 0 Å². The molecule has 4 rings (SSSR count). The molecule has 5 heteroatoms. The lowest BCUT2D eigenvalue weighted by molar-refractivity contribution is 0.0698. The first-order valence-corrected chi connectivity index (χ1v) is 8.99. The van der Waals surface area contributed by atoms with Crippen molar-refractivity contribution < 1.29 is 9.90 Å². The van der Waals surface area contributed by atoms with E-state index >= 15 is 0 Å². The molecule has 26 heavy (non-hydrogen) atoms. The van der Waals surface area contributed by atoms with E-state index < -0.39 is 5.97 Å². The summed E-state index contributed by atoms with van der Waals surface area (Å²) in [5.74, 6) is -0.355. The highest BCUT2D eigenvalue weighted by Crippen LogP contribution is 2.44. The van der Waals surface area contributed by atoms with Crippen LogP contribution in [0.25, 0.3) is 22.2 Å². The second kappa shape index (κ2) is 5.87. The number of nitrogens with two attached hydrogens (primary N) is 1. The molecule has 0 aliphatic heterocycles. The second-order valence-corrected chi connectivity index (χ2v) is 7.51. The van der Waals surface area contributed by atoms with Gasteiger partial charge in [0.2, 0.25) is 0 Å². The number of hydrogen-bond acceptors (Lipinski definition) is 3. The summed E-state index contributed by atoms with van der Waals surface area (Å²) in [6.07, 6.45) is 5.89. The van der Waals surface area contributed by atoms with E-state index in [0.29, 0.717) is 23.2 Å². The van der Waals surface area contributed by atoms with E-state index in [4.69, 9.17) is 5.73 Å². The Morgan fingerprint density at radius 3 is 2.69 bits per heavy atom. The molecule has 2 aromatic heterocycles. The molecule has 1 aromatic carbocycles. The summed E-state index contributed by atoms with van der Waals surface area (Å²) < 4.78 is 2.10. The lowest BCUT2D eigenvalue weighted by Gasteiger charge is -2.15. The third-order valence-corrected chi connectivity index (χ3v) is 5.28. The highest BCUT2D eigenvalue weighted by molar-refractivity contribution is 6.02. The quantitative estimate of drug-likeness (QED) is 0.725. The minimum atomic E-state index is -1.02. The fourth-order valence-electron chi connectivity index (χ4n) is 3.75. The van der Waals surface area contributed by atoms with Crippen LogP contribution in [0.1, 0.15) is 60.0 Å². The van der Waals surface area contributed by atoms with Gasteiger partial charge in [-0.25, -0.2) is 4.79 Å². The van der Waals surface area contributed by atoms with Gasteiger partial charge in [0, 0.05) is 30.4 Å². The van der Waals surface area contributed by atoms with Crippen LogP contribution < -0.4 is 5.73 Å². The Bertz CT molecular complexity index is 1030. The Balaban J connectivity index is 1.98. The van der Waals surface area contributed by atoms with Crippen LogP contribution in [0.4, 0.5) is 5.69 Å². The van der Waals surface area contributed by atoms with Crippen LogP contribution in [0, 0.1) is 0 Å². The summed E-state index contributed by atoms with van der Waals surface area (Å²) in [5.41, 5.74) is 11.2. The van der Waals surface area contributed by atoms with Gasteiger partial charge in [-0.1, -0.05) is 13.8 Å². The second-order valence-electron chi connectivity index (χ2n) is 7.51. The van der Waals surface area contributed by atoms with Crippen LogP contribution in [-0.4, -0.2) is 20.6 Å². The Morgan fingerprint density at radius 2 is 2.08 bits per heavy atom. The first-order chi connectivity index (χ1) is 12.4. The van der Waals surface area contributed by atoms with Crippen LogP contribution >= 0.6 is 0 Å². The molecule has 2 heterocycles. The van der Waals surface area contributed by atoms with Gasteiger partial charge in [-0.2, -0.15) is 0 Å². The number of aryl methyl sites for hydroxylation is 1. The maximum absolute atomic E-state index is 12.0. The van der Waals surface area contributed by atoms with Gasteiger partial charge in [0.15, 0.2) is 0 Å². The molecule has 3 N–H and O–H groups in total. The predicted molar refractivity (Wildman–Crippen MR) is 104 cm³/mol. The van der Waals surface area contributed by atoms with Gasteiger partial charge in [0.1, 0.15) is 5.56 Å². The first kappa shape index (κ1) is 16.6. The van der Waals surface area contributed by atoms with Crippen LogP contribution in [0.5, 0.6) is 0 Å². The number of benzene rings is 1. The number of fused-ring (bicyclic) bond motifs is 1. The summed E-state index contributed by atoms with van der Waals surface area (Å²) >= 11 is 0. The van der Waals surface area contributed by atoms with E-state index in [1.165, 1.54) is 11.1 Å². The van der Waals surface area contributed by atoms with Gasteiger partial charge >= 0.3 is 5.97 Å². The fourth-order valence-corrected chi connectivity index (χ4v) is 3.75. The molecule has 0 atom stereocenters. The number of carboxylic acids is 1. The topological polar surface area (TPSA) is 81.1 Å². The van der Waals surface area contributed by atoms with Gasteiger partial charge in [-0.3, -0.25) is 4.98 Å². The number of anilines is 1. The van der Waals surface area contributed by atoms with Crippen LogP contribution in [0.3, 0.4) is 0 Å². The van der Waals surface area contributed by atoms with E-state index in [0.717, 1.165) is 29.4 Å². The van der Waals surface area contributed by atoms with Crippen molar-refractivity contribution in [2.75, 3.05) is 5.73 Å². The minimum Gasteiger partial charge on any atom is -0.478 e. The van der Waals surface area contributed by atoms with Crippen molar-refractivity contribution in [2.24, 2.45) is 7.05 Å². The first-order valence-electron chi connectivity index (χ1n) is 8.99. The molecule has 0 saturated heterocycles. The Labute approximate surface area is 152 Å². The van der Waals surface area contributed by atoms with Crippen molar-refractivity contribution in [3.05, 3.63) is 47.3 Å². The van der Waals surface area contributed by atoms with Crippen molar-refractivity contribution >= 4 is 22.6 Å². The monoisotopic (exact) mass is 349 g/mol. The van der Waals surface area contributed by atoms with Gasteiger partial charge < -0.3 is 15.4 Å². The standard InChI is InChI=1S/C21H23N3O2/c1-11(2)15-9-14(8-13-6-7-24(3)20(13)15)19-17(21(25)26)18(22)16(10-23-19)12-4-5-12/h6-12H,4-5H2,1-3H3,(H2,22,23)(H,25,26). The maximum atomic E-state index is 12.0. The zero-order chi connectivity index (χ0) is 18.6. The largest absolute Gasteiger partial charge is 0.478 e. The van der Waals surface area contributed by atoms with Gasteiger partial charge in [-0.05, 0) is 54.0 Å². The van der Waals surface area contributed by atoms with Gasteiger partial charge in [0.25, 0.3) is 0 Å². The van der Waals surface area contributed by atoms with Crippen LogP contribution in [0.2, 0.25) is 0 Å². The van der Waals surface area contributed by atoms with E-state index in [2.05, 4.69) is 29.5 Å². The highest BCUT2D eigenvalue weighted by atomic mass is 16.4. The molecule has 0 bridgehead atoms. The molecule has 5 nitrogen and oxygen atoms in total. The number of aromatic nitrogens is 2. The Morgan fingerprint density at radius 1 is 1.35 bits per heavy atom. The number of aromatic carboxylic acids is 1. The summed E-state index contributed by atoms with van der Waals surface area (Å²) in [4.78, 5) is 16.5. The Kier molecular flexibility index (Phi) is 3.75. The van der Waals surface area contributed by atoms with Crippen molar-refractivity contribution in [3.63, 3.8) is 0 Å². The van der Waals surface area contributed by atoms with E-state index in [9.17, 15) is 9.90 Å². The minimum absolute atomic E-state index is 0.124. The number of pyridine rings is 1. The third-order valence-electron chi connectivity index (χ3n) is 5.28. The van der Waals surface area contributed by atoms with E-state index in [1.54, 1.807) is 6.20 Å². The lowest BCUT2D eigenvalue weighted by atomic mass is 9.93. The number of rotatable bonds is 4. The number of carboxylic acid groups (broad SMARTS) is 1. The van der Waals surface area contributed by atoms with Crippen molar-refractivity contribution in [1.29, 1.82) is 0 Å². The molecule has 0 spiro atoms. The number of nitrogen functional groups attached to an aromatic ring is 1. The van der Waals surface area contributed by atoms with Crippen molar-refractivity contribution in [3.8, 4) is 11.3 Å². The summed E-state index contributed by atoms with van der Waals surface area (Å²) in [5, 5.41) is 10.9. The van der Waals surface area contributed by atoms with Crippen molar-refractivity contribution in [2.45, 2.75) is 38.5 Å².